The van der Waals surface area contributed by atoms with Crippen LogP contribution >= 0.6 is 27.3 Å². The SMILES string of the molecule is O=C(COc1ccc(F)cc1Br)NCCc1cccs1. The maximum absolute atomic E-state index is 12.9. The number of nitrogens with one attached hydrogen (secondary N) is 1. The van der Waals surface area contributed by atoms with Crippen molar-refractivity contribution in [3.63, 3.8) is 0 Å². The summed E-state index contributed by atoms with van der Waals surface area (Å²) in [6.45, 7) is 0.488. The number of rotatable bonds is 6. The lowest BCUT2D eigenvalue weighted by atomic mass is 10.3. The molecule has 0 saturated carbocycles. The lowest BCUT2D eigenvalue weighted by molar-refractivity contribution is -0.123. The van der Waals surface area contributed by atoms with E-state index in [2.05, 4.69) is 21.2 Å². The fraction of sp³-hybridized carbons (Fsp3) is 0.214. The van der Waals surface area contributed by atoms with E-state index in [-0.39, 0.29) is 18.3 Å². The van der Waals surface area contributed by atoms with Crippen LogP contribution in [0.1, 0.15) is 4.88 Å². The summed E-state index contributed by atoms with van der Waals surface area (Å²) in [5, 5.41) is 4.78. The number of halogens is 2. The Morgan fingerprint density at radius 1 is 1.40 bits per heavy atom. The number of carbonyl (C=O) groups excluding carboxylic acids is 1. The summed E-state index contributed by atoms with van der Waals surface area (Å²) in [6.07, 6.45) is 0.809. The second-order valence-electron chi connectivity index (χ2n) is 4.04. The molecular formula is C14H13BrFNO2S. The number of hydrogen-bond donors (Lipinski definition) is 1. The van der Waals surface area contributed by atoms with Gasteiger partial charge in [-0.1, -0.05) is 6.07 Å². The third kappa shape index (κ3) is 4.61. The summed E-state index contributed by atoms with van der Waals surface area (Å²) in [7, 11) is 0. The molecule has 0 spiro atoms. The zero-order chi connectivity index (χ0) is 14.4. The molecule has 1 aromatic carbocycles. The topological polar surface area (TPSA) is 38.3 Å². The van der Waals surface area contributed by atoms with Crippen LogP contribution in [0.3, 0.4) is 0 Å². The van der Waals surface area contributed by atoms with Gasteiger partial charge < -0.3 is 10.1 Å². The Labute approximate surface area is 128 Å². The molecule has 2 aromatic rings. The van der Waals surface area contributed by atoms with Crippen LogP contribution in [0, 0.1) is 5.82 Å². The summed E-state index contributed by atoms with van der Waals surface area (Å²) >= 11 is 4.84. The summed E-state index contributed by atoms with van der Waals surface area (Å²) in [5.41, 5.74) is 0. The molecule has 1 heterocycles. The first-order chi connectivity index (χ1) is 9.65. The number of thiophene rings is 1. The van der Waals surface area contributed by atoms with Crippen LogP contribution < -0.4 is 10.1 Å². The summed E-state index contributed by atoms with van der Waals surface area (Å²) in [6, 6.07) is 8.08. The van der Waals surface area contributed by atoms with Crippen LogP contribution in [-0.4, -0.2) is 19.1 Å². The number of amides is 1. The van der Waals surface area contributed by atoms with Gasteiger partial charge >= 0.3 is 0 Å². The molecule has 106 valence electrons. The molecular weight excluding hydrogens is 345 g/mol. The molecule has 0 radical (unpaired) electrons. The normalized spacial score (nSPS) is 10.3. The maximum atomic E-state index is 12.9. The van der Waals surface area contributed by atoms with Crippen molar-refractivity contribution in [2.24, 2.45) is 0 Å². The van der Waals surface area contributed by atoms with E-state index >= 15 is 0 Å². The molecule has 3 nitrogen and oxygen atoms in total. The quantitative estimate of drug-likeness (QED) is 0.860. The molecule has 0 saturated heterocycles. The van der Waals surface area contributed by atoms with Gasteiger partial charge in [-0.15, -0.1) is 11.3 Å². The lowest BCUT2D eigenvalue weighted by Crippen LogP contribution is -2.30. The van der Waals surface area contributed by atoms with E-state index in [9.17, 15) is 9.18 Å². The van der Waals surface area contributed by atoms with Crippen molar-refractivity contribution in [2.75, 3.05) is 13.2 Å². The fourth-order valence-corrected chi connectivity index (χ4v) is 2.74. The van der Waals surface area contributed by atoms with E-state index in [1.54, 1.807) is 11.3 Å². The second kappa shape index (κ2) is 7.40. The van der Waals surface area contributed by atoms with Gasteiger partial charge in [0.05, 0.1) is 4.47 Å². The molecule has 0 bridgehead atoms. The van der Waals surface area contributed by atoms with Gasteiger partial charge in [-0.25, -0.2) is 4.39 Å². The zero-order valence-corrected chi connectivity index (χ0v) is 13.0. The van der Waals surface area contributed by atoms with Gasteiger partial charge in [-0.3, -0.25) is 4.79 Å². The van der Waals surface area contributed by atoms with Crippen molar-refractivity contribution in [3.8, 4) is 5.75 Å². The Balaban J connectivity index is 1.72. The van der Waals surface area contributed by atoms with Crippen molar-refractivity contribution >= 4 is 33.2 Å². The number of carbonyl (C=O) groups is 1. The Morgan fingerprint density at radius 3 is 2.95 bits per heavy atom. The van der Waals surface area contributed by atoms with Crippen LogP contribution in [0.4, 0.5) is 4.39 Å². The minimum Gasteiger partial charge on any atom is -0.483 e. The first kappa shape index (κ1) is 15.0. The largest absolute Gasteiger partial charge is 0.483 e. The van der Waals surface area contributed by atoms with Gasteiger partial charge in [-0.05, 0) is 52.0 Å². The molecule has 20 heavy (non-hydrogen) atoms. The van der Waals surface area contributed by atoms with Crippen LogP contribution in [0.15, 0.2) is 40.2 Å². The number of ether oxygens (including phenoxy) is 1. The molecule has 1 aromatic heterocycles. The van der Waals surface area contributed by atoms with Crippen LogP contribution in [0.2, 0.25) is 0 Å². The Bertz CT molecular complexity index is 575. The van der Waals surface area contributed by atoms with Crippen LogP contribution in [-0.2, 0) is 11.2 Å². The highest BCUT2D eigenvalue weighted by molar-refractivity contribution is 9.10. The van der Waals surface area contributed by atoms with Gasteiger partial charge in [-0.2, -0.15) is 0 Å². The molecule has 0 aliphatic carbocycles. The van der Waals surface area contributed by atoms with E-state index in [4.69, 9.17) is 4.74 Å². The van der Waals surface area contributed by atoms with Gasteiger partial charge in [0.2, 0.25) is 0 Å². The standard InChI is InChI=1S/C14H13BrFNO2S/c15-12-8-10(16)3-4-13(12)19-9-14(18)17-6-5-11-2-1-7-20-11/h1-4,7-8H,5-6,9H2,(H,17,18). The van der Waals surface area contributed by atoms with Crippen molar-refractivity contribution in [2.45, 2.75) is 6.42 Å². The predicted molar refractivity (Wildman–Crippen MR) is 80.6 cm³/mol. The Hall–Kier alpha value is -1.40. The number of benzene rings is 1. The van der Waals surface area contributed by atoms with Gasteiger partial charge in [0.1, 0.15) is 11.6 Å². The smallest absolute Gasteiger partial charge is 0.257 e. The van der Waals surface area contributed by atoms with Crippen LogP contribution in [0.25, 0.3) is 0 Å². The molecule has 0 fully saturated rings. The third-order valence-electron chi connectivity index (χ3n) is 2.53. The van der Waals surface area contributed by atoms with E-state index in [0.29, 0.717) is 16.8 Å². The maximum Gasteiger partial charge on any atom is 0.257 e. The summed E-state index contributed by atoms with van der Waals surface area (Å²) in [4.78, 5) is 12.8. The predicted octanol–water partition coefficient (Wildman–Crippen LogP) is 3.39. The molecule has 1 amide bonds. The van der Waals surface area contributed by atoms with E-state index in [1.165, 1.54) is 23.1 Å². The van der Waals surface area contributed by atoms with Gasteiger partial charge in [0, 0.05) is 11.4 Å². The fourth-order valence-electron chi connectivity index (χ4n) is 1.57. The molecule has 0 unspecified atom stereocenters. The first-order valence-electron chi connectivity index (χ1n) is 6.02. The van der Waals surface area contributed by atoms with E-state index < -0.39 is 0 Å². The molecule has 0 aliphatic rings. The highest BCUT2D eigenvalue weighted by Crippen LogP contribution is 2.25. The lowest BCUT2D eigenvalue weighted by Gasteiger charge is -2.08. The molecule has 0 atom stereocenters. The monoisotopic (exact) mass is 357 g/mol. The summed E-state index contributed by atoms with van der Waals surface area (Å²) in [5.74, 6) is -0.109. The second-order valence-corrected chi connectivity index (χ2v) is 5.93. The third-order valence-corrected chi connectivity index (χ3v) is 4.08. The van der Waals surface area contributed by atoms with Crippen molar-refractivity contribution in [1.82, 2.24) is 5.32 Å². The average molecular weight is 358 g/mol. The highest BCUT2D eigenvalue weighted by Gasteiger charge is 2.06. The van der Waals surface area contributed by atoms with Gasteiger partial charge in [0.15, 0.2) is 6.61 Å². The molecule has 1 N–H and O–H groups in total. The minimum absolute atomic E-state index is 0.0886. The number of hydrogen-bond acceptors (Lipinski definition) is 3. The van der Waals surface area contributed by atoms with E-state index in [0.717, 1.165) is 6.42 Å². The Morgan fingerprint density at radius 2 is 2.25 bits per heavy atom. The average Bonchev–Trinajstić information content (AvgIpc) is 2.91. The van der Waals surface area contributed by atoms with Crippen LogP contribution in [0.5, 0.6) is 5.75 Å². The van der Waals surface area contributed by atoms with E-state index in [1.807, 2.05) is 17.5 Å². The minimum atomic E-state index is -0.357. The highest BCUT2D eigenvalue weighted by atomic mass is 79.9. The van der Waals surface area contributed by atoms with Crippen molar-refractivity contribution in [3.05, 3.63) is 50.9 Å². The molecule has 6 heteroatoms. The molecule has 0 aliphatic heterocycles. The summed E-state index contributed by atoms with van der Waals surface area (Å²) < 4.78 is 18.7. The zero-order valence-electron chi connectivity index (χ0n) is 10.6. The Kier molecular flexibility index (Phi) is 5.55. The van der Waals surface area contributed by atoms with Gasteiger partial charge in [0.25, 0.3) is 5.91 Å². The first-order valence-corrected chi connectivity index (χ1v) is 7.69. The van der Waals surface area contributed by atoms with Crippen molar-refractivity contribution < 1.29 is 13.9 Å². The van der Waals surface area contributed by atoms with Crippen molar-refractivity contribution in [1.29, 1.82) is 0 Å². The molecule has 2 rings (SSSR count).